The SMILES string of the molecule is Cc1ccc(Nc2cc(F)c(C)cc2F)c(N)c1. The van der Waals surface area contributed by atoms with Crippen LogP contribution < -0.4 is 11.1 Å². The van der Waals surface area contributed by atoms with E-state index in [1.807, 2.05) is 13.0 Å². The molecule has 0 aliphatic carbocycles. The summed E-state index contributed by atoms with van der Waals surface area (Å²) in [5, 5.41) is 2.80. The molecule has 2 aromatic rings. The van der Waals surface area contributed by atoms with Gasteiger partial charge in [0.15, 0.2) is 0 Å². The average molecular weight is 248 g/mol. The van der Waals surface area contributed by atoms with Gasteiger partial charge in [0.2, 0.25) is 0 Å². The number of nitrogens with one attached hydrogen (secondary N) is 1. The summed E-state index contributed by atoms with van der Waals surface area (Å²) < 4.78 is 27.0. The van der Waals surface area contributed by atoms with E-state index in [2.05, 4.69) is 5.32 Å². The zero-order valence-electron chi connectivity index (χ0n) is 10.2. The van der Waals surface area contributed by atoms with Gasteiger partial charge in [-0.3, -0.25) is 0 Å². The number of nitrogen functional groups attached to an aromatic ring is 1. The van der Waals surface area contributed by atoms with Gasteiger partial charge < -0.3 is 11.1 Å². The molecular formula is C14H14F2N2. The van der Waals surface area contributed by atoms with Crippen LogP contribution in [0.15, 0.2) is 30.3 Å². The van der Waals surface area contributed by atoms with E-state index in [9.17, 15) is 8.78 Å². The normalized spacial score (nSPS) is 10.4. The maximum Gasteiger partial charge on any atom is 0.147 e. The second-order valence-corrected chi connectivity index (χ2v) is 4.30. The predicted molar refractivity (Wildman–Crippen MR) is 70.0 cm³/mol. The first-order chi connectivity index (χ1) is 8.47. The Bertz CT molecular complexity index is 595. The Morgan fingerprint density at radius 1 is 0.944 bits per heavy atom. The topological polar surface area (TPSA) is 38.0 Å². The molecule has 2 rings (SSSR count). The van der Waals surface area contributed by atoms with E-state index in [0.29, 0.717) is 11.4 Å². The van der Waals surface area contributed by atoms with Gasteiger partial charge in [0, 0.05) is 6.07 Å². The van der Waals surface area contributed by atoms with E-state index in [-0.39, 0.29) is 11.3 Å². The molecule has 3 N–H and O–H groups in total. The lowest BCUT2D eigenvalue weighted by atomic mass is 10.1. The fourth-order valence-corrected chi connectivity index (χ4v) is 1.68. The number of aryl methyl sites for hydroxylation is 2. The van der Waals surface area contributed by atoms with Gasteiger partial charge in [-0.25, -0.2) is 8.78 Å². The maximum absolute atomic E-state index is 13.7. The van der Waals surface area contributed by atoms with Gasteiger partial charge in [-0.05, 0) is 43.2 Å². The van der Waals surface area contributed by atoms with Gasteiger partial charge in [-0.15, -0.1) is 0 Å². The van der Waals surface area contributed by atoms with Crippen LogP contribution in [0.2, 0.25) is 0 Å². The summed E-state index contributed by atoms with van der Waals surface area (Å²) in [6.07, 6.45) is 0. The third-order valence-electron chi connectivity index (χ3n) is 2.72. The lowest BCUT2D eigenvalue weighted by Gasteiger charge is -2.11. The van der Waals surface area contributed by atoms with Gasteiger partial charge >= 0.3 is 0 Å². The van der Waals surface area contributed by atoms with Crippen LogP contribution in [0.5, 0.6) is 0 Å². The summed E-state index contributed by atoms with van der Waals surface area (Å²) in [4.78, 5) is 0. The average Bonchev–Trinajstić information content (AvgIpc) is 2.29. The molecule has 0 radical (unpaired) electrons. The molecule has 0 saturated heterocycles. The van der Waals surface area contributed by atoms with Crippen LogP contribution in [0, 0.1) is 25.5 Å². The Labute approximate surface area is 104 Å². The fraction of sp³-hybridized carbons (Fsp3) is 0.143. The van der Waals surface area contributed by atoms with Gasteiger partial charge in [-0.1, -0.05) is 6.07 Å². The lowest BCUT2D eigenvalue weighted by molar-refractivity contribution is 0.595. The molecular weight excluding hydrogens is 234 g/mol. The number of benzene rings is 2. The molecule has 0 aliphatic rings. The van der Waals surface area contributed by atoms with Crippen molar-refractivity contribution in [2.24, 2.45) is 0 Å². The van der Waals surface area contributed by atoms with Crippen molar-refractivity contribution in [1.29, 1.82) is 0 Å². The molecule has 0 amide bonds. The summed E-state index contributed by atoms with van der Waals surface area (Å²) in [7, 11) is 0. The number of anilines is 3. The van der Waals surface area contributed by atoms with Crippen molar-refractivity contribution in [3.63, 3.8) is 0 Å². The molecule has 0 spiro atoms. The van der Waals surface area contributed by atoms with E-state index >= 15 is 0 Å². The summed E-state index contributed by atoms with van der Waals surface area (Å²) in [5.74, 6) is -0.960. The van der Waals surface area contributed by atoms with Crippen LogP contribution in [0.3, 0.4) is 0 Å². The molecule has 0 heterocycles. The molecule has 2 nitrogen and oxygen atoms in total. The summed E-state index contributed by atoms with van der Waals surface area (Å²) in [6, 6.07) is 7.64. The highest BCUT2D eigenvalue weighted by Crippen LogP contribution is 2.27. The molecule has 4 heteroatoms. The van der Waals surface area contributed by atoms with Crippen LogP contribution in [0.1, 0.15) is 11.1 Å². The fourth-order valence-electron chi connectivity index (χ4n) is 1.68. The summed E-state index contributed by atoms with van der Waals surface area (Å²) in [6.45, 7) is 3.43. The molecule has 0 atom stereocenters. The maximum atomic E-state index is 13.7. The molecule has 0 aromatic heterocycles. The van der Waals surface area contributed by atoms with E-state index < -0.39 is 11.6 Å². The largest absolute Gasteiger partial charge is 0.397 e. The Morgan fingerprint density at radius 2 is 1.67 bits per heavy atom. The summed E-state index contributed by atoms with van der Waals surface area (Å²) >= 11 is 0. The van der Waals surface area contributed by atoms with E-state index in [4.69, 9.17) is 5.73 Å². The smallest absolute Gasteiger partial charge is 0.147 e. The first kappa shape index (κ1) is 12.4. The monoisotopic (exact) mass is 248 g/mol. The summed E-state index contributed by atoms with van der Waals surface area (Å²) in [5.41, 5.74) is 8.22. The minimum atomic E-state index is -0.506. The molecule has 94 valence electrons. The van der Waals surface area contributed by atoms with Crippen molar-refractivity contribution in [3.8, 4) is 0 Å². The third kappa shape index (κ3) is 2.42. The van der Waals surface area contributed by atoms with Gasteiger partial charge in [0.05, 0.1) is 17.1 Å². The highest BCUT2D eigenvalue weighted by atomic mass is 19.1. The molecule has 18 heavy (non-hydrogen) atoms. The third-order valence-corrected chi connectivity index (χ3v) is 2.72. The van der Waals surface area contributed by atoms with Crippen molar-refractivity contribution >= 4 is 17.1 Å². The van der Waals surface area contributed by atoms with Crippen molar-refractivity contribution in [2.75, 3.05) is 11.1 Å². The predicted octanol–water partition coefficient (Wildman–Crippen LogP) is 3.91. The van der Waals surface area contributed by atoms with Crippen molar-refractivity contribution in [3.05, 3.63) is 53.1 Å². The van der Waals surface area contributed by atoms with Crippen molar-refractivity contribution < 1.29 is 8.78 Å². The lowest BCUT2D eigenvalue weighted by Crippen LogP contribution is -2.00. The van der Waals surface area contributed by atoms with Crippen LogP contribution in [0.4, 0.5) is 25.8 Å². The van der Waals surface area contributed by atoms with E-state index in [1.165, 1.54) is 6.92 Å². The first-order valence-electron chi connectivity index (χ1n) is 5.56. The van der Waals surface area contributed by atoms with E-state index in [0.717, 1.165) is 17.7 Å². The highest BCUT2D eigenvalue weighted by molar-refractivity contribution is 5.73. The Morgan fingerprint density at radius 3 is 2.33 bits per heavy atom. The Kier molecular flexibility index (Phi) is 3.19. The quantitative estimate of drug-likeness (QED) is 0.791. The van der Waals surface area contributed by atoms with E-state index in [1.54, 1.807) is 12.1 Å². The zero-order chi connectivity index (χ0) is 13.3. The molecule has 2 aromatic carbocycles. The highest BCUT2D eigenvalue weighted by Gasteiger charge is 2.08. The van der Waals surface area contributed by atoms with Crippen LogP contribution in [0.25, 0.3) is 0 Å². The Balaban J connectivity index is 2.37. The van der Waals surface area contributed by atoms with Crippen LogP contribution >= 0.6 is 0 Å². The van der Waals surface area contributed by atoms with Crippen molar-refractivity contribution in [1.82, 2.24) is 0 Å². The molecule has 0 aliphatic heterocycles. The van der Waals surface area contributed by atoms with Crippen LogP contribution in [-0.2, 0) is 0 Å². The molecule has 0 saturated carbocycles. The number of halogens is 2. The van der Waals surface area contributed by atoms with Gasteiger partial charge in [0.1, 0.15) is 11.6 Å². The number of hydrogen-bond acceptors (Lipinski definition) is 2. The molecule has 0 unspecified atom stereocenters. The Hall–Kier alpha value is -2.10. The zero-order valence-corrected chi connectivity index (χ0v) is 10.2. The standard InChI is InChI=1S/C14H14F2N2/c1-8-3-4-13(12(17)5-8)18-14-7-10(15)9(2)6-11(14)16/h3-7,18H,17H2,1-2H3. The van der Waals surface area contributed by atoms with Gasteiger partial charge in [-0.2, -0.15) is 0 Å². The number of rotatable bonds is 2. The van der Waals surface area contributed by atoms with Gasteiger partial charge in [0.25, 0.3) is 0 Å². The first-order valence-corrected chi connectivity index (χ1v) is 5.56. The second kappa shape index (κ2) is 4.64. The molecule has 0 bridgehead atoms. The second-order valence-electron chi connectivity index (χ2n) is 4.30. The number of nitrogens with two attached hydrogens (primary N) is 1. The van der Waals surface area contributed by atoms with Crippen LogP contribution in [-0.4, -0.2) is 0 Å². The number of hydrogen-bond donors (Lipinski definition) is 2. The minimum Gasteiger partial charge on any atom is -0.397 e. The van der Waals surface area contributed by atoms with Crippen molar-refractivity contribution in [2.45, 2.75) is 13.8 Å². The minimum absolute atomic E-state index is 0.0775. The molecule has 0 fully saturated rings.